The van der Waals surface area contributed by atoms with Crippen molar-refractivity contribution in [1.29, 1.82) is 0 Å². The predicted molar refractivity (Wildman–Crippen MR) is 79.6 cm³/mol. The number of rotatable bonds is 4. The number of methoxy groups -OCH3 is 1. The van der Waals surface area contributed by atoms with Crippen molar-refractivity contribution in [2.45, 2.75) is 19.3 Å². The molecule has 1 aliphatic carbocycles. The quantitative estimate of drug-likeness (QED) is 0.496. The second kappa shape index (κ2) is 6.83. The number of nitrogens with zero attached hydrogens (tertiary/aromatic N) is 1. The molecule has 1 aromatic rings. The van der Waals surface area contributed by atoms with Crippen LogP contribution in [0.2, 0.25) is 0 Å². The van der Waals surface area contributed by atoms with Crippen LogP contribution < -0.4 is 15.8 Å². The fourth-order valence-electron chi connectivity index (χ4n) is 2.11. The highest BCUT2D eigenvalue weighted by Gasteiger charge is 2.08. The number of aliphatic imine (C=N–C) groups is 1. The lowest BCUT2D eigenvalue weighted by molar-refractivity contribution is 0.415. The smallest absolute Gasteiger partial charge is 0.193 e. The van der Waals surface area contributed by atoms with Crippen molar-refractivity contribution in [2.24, 2.45) is 16.6 Å². The normalized spacial score (nSPS) is 19.2. The van der Waals surface area contributed by atoms with Crippen molar-refractivity contribution in [3.05, 3.63) is 36.4 Å². The second-order valence-electron chi connectivity index (χ2n) is 4.73. The van der Waals surface area contributed by atoms with Gasteiger partial charge in [-0.15, -0.1) is 0 Å². The van der Waals surface area contributed by atoms with E-state index < -0.39 is 0 Å². The molecule has 0 saturated carbocycles. The SMILES string of the molecule is COc1ccc(NC(N)=NCC2CC=CCC2)cc1. The summed E-state index contributed by atoms with van der Waals surface area (Å²) in [5, 5.41) is 3.09. The Balaban J connectivity index is 1.84. The van der Waals surface area contributed by atoms with E-state index in [1.807, 2.05) is 24.3 Å². The zero-order chi connectivity index (χ0) is 13.5. The van der Waals surface area contributed by atoms with E-state index in [4.69, 9.17) is 10.5 Å². The minimum atomic E-state index is 0.472. The molecular formula is C15H21N3O. The Morgan fingerprint density at radius 3 is 2.79 bits per heavy atom. The highest BCUT2D eigenvalue weighted by Crippen LogP contribution is 2.18. The molecule has 0 radical (unpaired) electrons. The number of nitrogens with two attached hydrogens (primary N) is 1. The first-order valence-corrected chi connectivity index (χ1v) is 6.64. The predicted octanol–water partition coefficient (Wildman–Crippen LogP) is 2.78. The molecule has 0 fully saturated rings. The molecular weight excluding hydrogens is 238 g/mol. The maximum absolute atomic E-state index is 5.88. The summed E-state index contributed by atoms with van der Waals surface area (Å²) >= 11 is 0. The van der Waals surface area contributed by atoms with Crippen LogP contribution in [0, 0.1) is 5.92 Å². The number of allylic oxidation sites excluding steroid dienone is 2. The first kappa shape index (κ1) is 13.5. The fourth-order valence-corrected chi connectivity index (χ4v) is 2.11. The number of nitrogens with one attached hydrogen (secondary N) is 1. The van der Waals surface area contributed by atoms with E-state index in [2.05, 4.69) is 22.5 Å². The lowest BCUT2D eigenvalue weighted by atomic mass is 9.95. The van der Waals surface area contributed by atoms with Crippen molar-refractivity contribution in [2.75, 3.05) is 19.0 Å². The van der Waals surface area contributed by atoms with E-state index in [0.29, 0.717) is 11.9 Å². The first-order chi connectivity index (χ1) is 9.28. The van der Waals surface area contributed by atoms with Gasteiger partial charge in [-0.05, 0) is 49.4 Å². The summed E-state index contributed by atoms with van der Waals surface area (Å²) in [6, 6.07) is 7.62. The van der Waals surface area contributed by atoms with Gasteiger partial charge in [0.05, 0.1) is 7.11 Å². The number of ether oxygens (including phenoxy) is 1. The highest BCUT2D eigenvalue weighted by atomic mass is 16.5. The summed E-state index contributed by atoms with van der Waals surface area (Å²) in [6.07, 6.45) is 7.94. The maximum Gasteiger partial charge on any atom is 0.193 e. The van der Waals surface area contributed by atoms with E-state index in [9.17, 15) is 0 Å². The third-order valence-corrected chi connectivity index (χ3v) is 3.26. The van der Waals surface area contributed by atoms with Crippen LogP contribution in [0.25, 0.3) is 0 Å². The van der Waals surface area contributed by atoms with E-state index in [1.54, 1.807) is 7.11 Å². The molecule has 19 heavy (non-hydrogen) atoms. The summed E-state index contributed by atoms with van der Waals surface area (Å²) in [7, 11) is 1.65. The molecule has 0 saturated heterocycles. The van der Waals surface area contributed by atoms with Gasteiger partial charge in [0.1, 0.15) is 5.75 Å². The van der Waals surface area contributed by atoms with Gasteiger partial charge in [0.15, 0.2) is 5.96 Å². The van der Waals surface area contributed by atoms with E-state index >= 15 is 0 Å². The number of guanidine groups is 1. The molecule has 4 heteroatoms. The molecule has 1 unspecified atom stereocenters. The molecule has 0 aliphatic heterocycles. The highest BCUT2D eigenvalue weighted by molar-refractivity contribution is 5.92. The van der Waals surface area contributed by atoms with Gasteiger partial charge in [-0.2, -0.15) is 0 Å². The summed E-state index contributed by atoms with van der Waals surface area (Å²) in [6.45, 7) is 0.791. The van der Waals surface area contributed by atoms with Crippen LogP contribution in [-0.4, -0.2) is 19.6 Å². The molecule has 0 heterocycles. The maximum atomic E-state index is 5.88. The van der Waals surface area contributed by atoms with Gasteiger partial charge < -0.3 is 15.8 Å². The third kappa shape index (κ3) is 4.32. The van der Waals surface area contributed by atoms with Crippen molar-refractivity contribution < 1.29 is 4.74 Å². The lowest BCUT2D eigenvalue weighted by Gasteiger charge is -2.15. The van der Waals surface area contributed by atoms with Gasteiger partial charge >= 0.3 is 0 Å². The third-order valence-electron chi connectivity index (χ3n) is 3.26. The van der Waals surface area contributed by atoms with Crippen molar-refractivity contribution in [3.63, 3.8) is 0 Å². The fraction of sp³-hybridized carbons (Fsp3) is 0.400. The van der Waals surface area contributed by atoms with Crippen LogP contribution in [0.15, 0.2) is 41.4 Å². The summed E-state index contributed by atoms with van der Waals surface area (Å²) in [5.41, 5.74) is 6.80. The minimum absolute atomic E-state index is 0.472. The molecule has 0 aromatic heterocycles. The molecule has 0 bridgehead atoms. The monoisotopic (exact) mass is 259 g/mol. The van der Waals surface area contributed by atoms with Gasteiger partial charge in [-0.3, -0.25) is 4.99 Å². The summed E-state index contributed by atoms with van der Waals surface area (Å²) in [5.74, 6) is 1.93. The van der Waals surface area contributed by atoms with Gasteiger partial charge in [-0.25, -0.2) is 0 Å². The molecule has 0 spiro atoms. The Morgan fingerprint density at radius 2 is 2.16 bits per heavy atom. The second-order valence-corrected chi connectivity index (χ2v) is 4.73. The van der Waals surface area contributed by atoms with Gasteiger partial charge in [-0.1, -0.05) is 12.2 Å². The molecule has 4 nitrogen and oxygen atoms in total. The molecule has 1 aliphatic rings. The van der Waals surface area contributed by atoms with Crippen LogP contribution in [-0.2, 0) is 0 Å². The van der Waals surface area contributed by atoms with Crippen LogP contribution >= 0.6 is 0 Å². The Hall–Kier alpha value is -1.97. The van der Waals surface area contributed by atoms with Gasteiger partial charge in [0.25, 0.3) is 0 Å². The molecule has 1 atom stereocenters. The van der Waals surface area contributed by atoms with Crippen LogP contribution in [0.1, 0.15) is 19.3 Å². The van der Waals surface area contributed by atoms with Crippen LogP contribution in [0.3, 0.4) is 0 Å². The average Bonchev–Trinajstić information content (AvgIpc) is 2.47. The number of anilines is 1. The van der Waals surface area contributed by atoms with Crippen molar-refractivity contribution >= 4 is 11.6 Å². The molecule has 2 rings (SSSR count). The van der Waals surface area contributed by atoms with Gasteiger partial charge in [0.2, 0.25) is 0 Å². The molecule has 3 N–H and O–H groups in total. The topological polar surface area (TPSA) is 59.6 Å². The van der Waals surface area contributed by atoms with Crippen molar-refractivity contribution in [3.8, 4) is 5.75 Å². The Bertz CT molecular complexity index is 451. The van der Waals surface area contributed by atoms with E-state index in [0.717, 1.165) is 30.8 Å². The Kier molecular flexibility index (Phi) is 4.84. The van der Waals surface area contributed by atoms with E-state index in [1.165, 1.54) is 6.42 Å². The average molecular weight is 259 g/mol. The Labute approximate surface area is 114 Å². The molecule has 0 amide bonds. The largest absolute Gasteiger partial charge is 0.497 e. The minimum Gasteiger partial charge on any atom is -0.497 e. The number of hydrogen-bond acceptors (Lipinski definition) is 2. The van der Waals surface area contributed by atoms with Crippen LogP contribution in [0.4, 0.5) is 5.69 Å². The van der Waals surface area contributed by atoms with Crippen LogP contribution in [0.5, 0.6) is 5.75 Å². The number of hydrogen-bond donors (Lipinski definition) is 2. The zero-order valence-corrected chi connectivity index (χ0v) is 11.3. The lowest BCUT2D eigenvalue weighted by Crippen LogP contribution is -2.24. The number of benzene rings is 1. The summed E-state index contributed by atoms with van der Waals surface area (Å²) < 4.78 is 5.11. The Morgan fingerprint density at radius 1 is 1.37 bits per heavy atom. The molecule has 1 aromatic carbocycles. The van der Waals surface area contributed by atoms with E-state index in [-0.39, 0.29) is 0 Å². The molecule has 102 valence electrons. The van der Waals surface area contributed by atoms with Gasteiger partial charge in [0, 0.05) is 12.2 Å². The zero-order valence-electron chi connectivity index (χ0n) is 11.3. The standard InChI is InChI=1S/C15H21N3O/c1-19-14-9-7-13(8-10-14)18-15(16)17-11-12-5-3-2-4-6-12/h2-3,7-10,12H,4-6,11H2,1H3,(H3,16,17,18). The van der Waals surface area contributed by atoms with Crippen molar-refractivity contribution in [1.82, 2.24) is 0 Å². The first-order valence-electron chi connectivity index (χ1n) is 6.64. The summed E-state index contributed by atoms with van der Waals surface area (Å²) in [4.78, 5) is 4.40.